The molecule has 0 aromatic rings. The second-order valence-corrected chi connectivity index (χ2v) is 29.4. The van der Waals surface area contributed by atoms with Gasteiger partial charge in [-0.25, -0.2) is 0 Å². The van der Waals surface area contributed by atoms with Crippen molar-refractivity contribution in [3.8, 4) is 0 Å². The van der Waals surface area contributed by atoms with Gasteiger partial charge in [-0.3, -0.25) is 0 Å². The quantitative estimate of drug-likeness (QED) is 0.163. The molecule has 0 aliphatic carbocycles. The topological polar surface area (TPSA) is 27.7 Å². The summed E-state index contributed by atoms with van der Waals surface area (Å²) in [5.74, 6) is 0. The second kappa shape index (κ2) is 16.4. The van der Waals surface area contributed by atoms with Crippen LogP contribution in [0.4, 0.5) is 0 Å². The van der Waals surface area contributed by atoms with Crippen molar-refractivity contribution in [1.29, 1.82) is 0 Å². The van der Waals surface area contributed by atoms with Crippen molar-refractivity contribution >= 4 is 38.4 Å². The predicted octanol–water partition coefficient (Wildman–Crippen LogP) is 7.16. The zero-order chi connectivity index (χ0) is 19.0. The molecule has 0 saturated carbocycles. The molecule has 0 fully saturated rings. The third-order valence-corrected chi connectivity index (χ3v) is 38.6. The van der Waals surface area contributed by atoms with E-state index in [0.717, 1.165) is 13.2 Å². The van der Waals surface area contributed by atoms with Crippen molar-refractivity contribution < 1.29 is 7.56 Å². The standard InChI is InChI=1S/4C4H9.2C2H5O.O.2Sn/c4*1-3-4-2;2*1-2-3;;;/h4*1,3-4H2,2H3;2*2H2,1H3;;;/q;;;;2*-1;;2*+1. The normalized spacial score (nSPS) is 12.7. The number of hydrogen-bond acceptors (Lipinski definition) is 3. The van der Waals surface area contributed by atoms with Gasteiger partial charge in [0.1, 0.15) is 0 Å². The van der Waals surface area contributed by atoms with Gasteiger partial charge in [-0.15, -0.1) is 0 Å². The third-order valence-electron chi connectivity index (χ3n) is 4.83. The molecule has 0 atom stereocenters. The molecule has 0 heterocycles. The Labute approximate surface area is 168 Å². The fourth-order valence-electron chi connectivity index (χ4n) is 3.45. The van der Waals surface area contributed by atoms with Crippen molar-refractivity contribution in [3.63, 3.8) is 0 Å². The van der Waals surface area contributed by atoms with Crippen LogP contribution in [0.25, 0.3) is 0 Å². The third kappa shape index (κ3) is 11.2. The first-order chi connectivity index (χ1) is 12.1. The van der Waals surface area contributed by atoms with Crippen molar-refractivity contribution in [2.45, 2.75) is 111 Å². The minimum atomic E-state index is -3.04. The average molecular weight is 572 g/mol. The predicted molar refractivity (Wildman–Crippen MR) is 115 cm³/mol. The Hall–Kier alpha value is 1.48. The van der Waals surface area contributed by atoms with Crippen molar-refractivity contribution in [2.24, 2.45) is 0 Å². The van der Waals surface area contributed by atoms with E-state index in [0.29, 0.717) is 0 Å². The summed E-state index contributed by atoms with van der Waals surface area (Å²) in [6.07, 6.45) is 9.99. The van der Waals surface area contributed by atoms with Crippen LogP contribution in [0.5, 0.6) is 0 Å². The van der Waals surface area contributed by atoms with Gasteiger partial charge in [0.2, 0.25) is 0 Å². The first-order valence-electron chi connectivity index (χ1n) is 11.1. The van der Waals surface area contributed by atoms with Gasteiger partial charge in [-0.2, -0.15) is 0 Å². The summed E-state index contributed by atoms with van der Waals surface area (Å²) in [5.41, 5.74) is 0. The zero-order valence-corrected chi connectivity index (χ0v) is 23.8. The summed E-state index contributed by atoms with van der Waals surface area (Å²) in [5, 5.41) is 0. The van der Waals surface area contributed by atoms with Crippen LogP contribution in [0.1, 0.15) is 92.9 Å². The summed E-state index contributed by atoms with van der Waals surface area (Å²) in [6, 6.07) is 0. The van der Waals surface area contributed by atoms with Crippen LogP contribution < -0.4 is 0 Å². The molecule has 0 amide bonds. The summed E-state index contributed by atoms with van der Waals surface area (Å²) in [6.45, 7) is 15.1. The monoisotopic (exact) mass is 574 g/mol. The van der Waals surface area contributed by atoms with Gasteiger partial charge in [0.15, 0.2) is 0 Å². The molecule has 0 bridgehead atoms. The molecule has 0 aromatic carbocycles. The van der Waals surface area contributed by atoms with Crippen molar-refractivity contribution in [2.75, 3.05) is 13.2 Å². The zero-order valence-electron chi connectivity index (χ0n) is 18.1. The summed E-state index contributed by atoms with van der Waals surface area (Å²) >= 11 is -6.07. The SMILES string of the molecule is CCC[CH2][Sn]([CH2]CCC)([O]CC)[O][Sn]([CH2]CCC)([CH2]CCC)[O]CC. The number of hydrogen-bond donors (Lipinski definition) is 0. The van der Waals surface area contributed by atoms with Gasteiger partial charge in [0.25, 0.3) is 0 Å². The van der Waals surface area contributed by atoms with Crippen LogP contribution in [-0.2, 0) is 7.56 Å². The van der Waals surface area contributed by atoms with Crippen LogP contribution in [0.2, 0.25) is 17.7 Å². The fourth-order valence-corrected chi connectivity index (χ4v) is 46.2. The molecular formula is C20H46O3Sn2. The molecule has 0 unspecified atom stereocenters. The molecule has 3 nitrogen and oxygen atoms in total. The summed E-state index contributed by atoms with van der Waals surface area (Å²) in [7, 11) is 0. The van der Waals surface area contributed by atoms with Crippen LogP contribution in [0.15, 0.2) is 0 Å². The Morgan fingerprint density at radius 3 is 0.960 bits per heavy atom. The fraction of sp³-hybridized carbons (Fsp3) is 1.00. The van der Waals surface area contributed by atoms with E-state index in [1.54, 1.807) is 0 Å². The molecule has 5 heteroatoms. The van der Waals surface area contributed by atoms with E-state index < -0.39 is 38.4 Å². The molecule has 152 valence electrons. The minimum absolute atomic E-state index is 0.819. The van der Waals surface area contributed by atoms with E-state index >= 15 is 0 Å². The van der Waals surface area contributed by atoms with Crippen LogP contribution in [0.3, 0.4) is 0 Å². The Kier molecular flexibility index (Phi) is 17.4. The van der Waals surface area contributed by atoms with E-state index in [1.165, 1.54) is 69.1 Å². The molecule has 0 radical (unpaired) electrons. The first-order valence-corrected chi connectivity index (χ1v) is 23.8. The van der Waals surface area contributed by atoms with Gasteiger partial charge in [0.05, 0.1) is 0 Å². The molecule has 0 N–H and O–H groups in total. The Bertz CT molecular complexity index is 257. The number of unbranched alkanes of at least 4 members (excludes halogenated alkanes) is 4. The van der Waals surface area contributed by atoms with Crippen LogP contribution >= 0.6 is 0 Å². The molecule has 25 heavy (non-hydrogen) atoms. The Balaban J connectivity index is 5.52. The van der Waals surface area contributed by atoms with Crippen molar-refractivity contribution in [3.05, 3.63) is 0 Å². The van der Waals surface area contributed by atoms with Crippen molar-refractivity contribution in [1.82, 2.24) is 0 Å². The van der Waals surface area contributed by atoms with E-state index in [4.69, 9.17) is 7.56 Å². The van der Waals surface area contributed by atoms with E-state index in [9.17, 15) is 0 Å². The van der Waals surface area contributed by atoms with E-state index in [2.05, 4.69) is 41.5 Å². The molecule has 0 aromatic heterocycles. The van der Waals surface area contributed by atoms with Gasteiger partial charge < -0.3 is 0 Å². The summed E-state index contributed by atoms with van der Waals surface area (Å²) < 4.78 is 25.3. The molecule has 0 aliphatic rings. The molecule has 0 rings (SSSR count). The Morgan fingerprint density at radius 1 is 0.480 bits per heavy atom. The van der Waals surface area contributed by atoms with Crippen LogP contribution in [-0.4, -0.2) is 51.6 Å². The molecule has 0 saturated heterocycles. The van der Waals surface area contributed by atoms with Gasteiger partial charge >= 0.3 is 170 Å². The Morgan fingerprint density at radius 2 is 0.760 bits per heavy atom. The first kappa shape index (κ1) is 26.5. The molecule has 0 aliphatic heterocycles. The molecule has 0 spiro atoms. The maximum atomic E-state index is 7.29. The second-order valence-electron chi connectivity index (χ2n) is 7.20. The van der Waals surface area contributed by atoms with Crippen LogP contribution in [0, 0.1) is 0 Å². The maximum absolute atomic E-state index is 7.29. The number of rotatable bonds is 18. The average Bonchev–Trinajstić information content (AvgIpc) is 2.61. The summed E-state index contributed by atoms with van der Waals surface area (Å²) in [4.78, 5) is 0. The van der Waals surface area contributed by atoms with E-state index in [1.807, 2.05) is 0 Å². The van der Waals surface area contributed by atoms with Gasteiger partial charge in [-0.05, 0) is 0 Å². The van der Waals surface area contributed by atoms with Gasteiger partial charge in [-0.1, -0.05) is 0 Å². The van der Waals surface area contributed by atoms with E-state index in [-0.39, 0.29) is 0 Å². The molecular weight excluding hydrogens is 526 g/mol. The van der Waals surface area contributed by atoms with Gasteiger partial charge in [0, 0.05) is 0 Å².